The zero-order valence-corrected chi connectivity index (χ0v) is 11.4. The van der Waals surface area contributed by atoms with Crippen LogP contribution in [0.3, 0.4) is 0 Å². The number of hydrogen-bond donors (Lipinski definition) is 0. The van der Waals surface area contributed by atoms with Crippen molar-refractivity contribution in [3.05, 3.63) is 29.8 Å². The van der Waals surface area contributed by atoms with Crippen molar-refractivity contribution in [3.63, 3.8) is 0 Å². The molecule has 0 saturated heterocycles. The van der Waals surface area contributed by atoms with Gasteiger partial charge in [0, 0.05) is 11.3 Å². The zero-order valence-electron chi connectivity index (χ0n) is 10.5. The maximum atomic E-state index is 11.2. The molecule has 0 amide bonds. The molecule has 1 rings (SSSR count). The number of hydrogen-bond acceptors (Lipinski definition) is 2. The van der Waals surface area contributed by atoms with E-state index in [1.807, 2.05) is 6.92 Å². The van der Waals surface area contributed by atoms with Gasteiger partial charge in [-0.25, -0.2) is 0 Å². The second kappa shape index (κ2) is 5.53. The molecule has 0 heterocycles. The van der Waals surface area contributed by atoms with E-state index in [9.17, 15) is 4.79 Å². The Hall–Kier alpha value is -0.760. The van der Waals surface area contributed by atoms with Gasteiger partial charge in [-0.15, -0.1) is 11.8 Å². The van der Waals surface area contributed by atoms with Gasteiger partial charge in [-0.05, 0) is 23.1 Å². The van der Waals surface area contributed by atoms with Crippen LogP contribution in [0.5, 0.6) is 0 Å². The van der Waals surface area contributed by atoms with Gasteiger partial charge in [0.1, 0.15) is 5.78 Å². The molecule has 0 radical (unpaired) electrons. The van der Waals surface area contributed by atoms with E-state index in [-0.39, 0.29) is 5.41 Å². The topological polar surface area (TPSA) is 17.1 Å². The molecule has 1 aromatic rings. The number of Topliss-reactive ketones (excluding diaryl/α,β-unsaturated/α-hetero) is 1. The van der Waals surface area contributed by atoms with Crippen LogP contribution in [0, 0.1) is 0 Å². The highest BCUT2D eigenvalue weighted by molar-refractivity contribution is 8.00. The van der Waals surface area contributed by atoms with Crippen LogP contribution in [0.25, 0.3) is 0 Å². The van der Waals surface area contributed by atoms with Gasteiger partial charge < -0.3 is 0 Å². The Kier molecular flexibility index (Phi) is 4.60. The van der Waals surface area contributed by atoms with E-state index in [1.165, 1.54) is 10.5 Å². The molecule has 0 spiro atoms. The number of ketones is 1. The number of benzene rings is 1. The van der Waals surface area contributed by atoms with Crippen molar-refractivity contribution in [1.29, 1.82) is 0 Å². The third kappa shape index (κ3) is 4.01. The van der Waals surface area contributed by atoms with E-state index >= 15 is 0 Å². The van der Waals surface area contributed by atoms with Crippen molar-refractivity contribution in [2.75, 3.05) is 5.75 Å². The lowest BCUT2D eigenvalue weighted by atomic mass is 9.87. The number of thioether (sulfide) groups is 1. The fourth-order valence-corrected chi connectivity index (χ4v) is 2.18. The molecule has 0 atom stereocenters. The lowest BCUT2D eigenvalue weighted by Crippen LogP contribution is -2.10. The Bertz CT molecular complexity index is 346. The van der Waals surface area contributed by atoms with Crippen molar-refractivity contribution in [1.82, 2.24) is 0 Å². The Balaban J connectivity index is 2.62. The normalized spacial score (nSPS) is 11.5. The molecule has 1 aromatic carbocycles. The molecule has 0 aliphatic rings. The monoisotopic (exact) mass is 236 g/mol. The lowest BCUT2D eigenvalue weighted by Gasteiger charge is -2.18. The van der Waals surface area contributed by atoms with Crippen molar-refractivity contribution >= 4 is 17.5 Å². The molecule has 0 aliphatic carbocycles. The molecule has 0 aromatic heterocycles. The van der Waals surface area contributed by atoms with Crippen molar-refractivity contribution in [2.24, 2.45) is 0 Å². The van der Waals surface area contributed by atoms with E-state index in [2.05, 4.69) is 45.0 Å². The minimum absolute atomic E-state index is 0.197. The van der Waals surface area contributed by atoms with Crippen LogP contribution in [0.1, 0.15) is 39.7 Å². The van der Waals surface area contributed by atoms with Gasteiger partial charge in [0.2, 0.25) is 0 Å². The summed E-state index contributed by atoms with van der Waals surface area (Å²) in [5.74, 6) is 0.899. The summed E-state index contributed by atoms with van der Waals surface area (Å²) in [6.07, 6.45) is 0.632. The third-order valence-electron chi connectivity index (χ3n) is 2.51. The SMILES string of the molecule is CCC(=O)CSc1ccc(C(C)(C)C)cc1. The van der Waals surface area contributed by atoms with Crippen LogP contribution in [0.2, 0.25) is 0 Å². The predicted molar refractivity (Wildman–Crippen MR) is 71.2 cm³/mol. The summed E-state index contributed by atoms with van der Waals surface area (Å²) in [6.45, 7) is 8.52. The standard InChI is InChI=1S/C14H20OS/c1-5-12(15)10-16-13-8-6-11(7-9-13)14(2,3)4/h6-9H,5,10H2,1-4H3. The highest BCUT2D eigenvalue weighted by Gasteiger charge is 2.12. The second-order valence-corrected chi connectivity index (χ2v) is 6.00. The first-order valence-electron chi connectivity index (χ1n) is 5.68. The van der Waals surface area contributed by atoms with Crippen LogP contribution >= 0.6 is 11.8 Å². The minimum atomic E-state index is 0.197. The van der Waals surface area contributed by atoms with Gasteiger partial charge in [0.15, 0.2) is 0 Å². The van der Waals surface area contributed by atoms with Gasteiger partial charge >= 0.3 is 0 Å². The quantitative estimate of drug-likeness (QED) is 0.733. The Morgan fingerprint density at radius 1 is 1.19 bits per heavy atom. The number of carbonyl (C=O) groups excluding carboxylic acids is 1. The molecule has 16 heavy (non-hydrogen) atoms. The number of rotatable bonds is 4. The highest BCUT2D eigenvalue weighted by Crippen LogP contribution is 2.25. The first kappa shape index (κ1) is 13.3. The van der Waals surface area contributed by atoms with Crippen molar-refractivity contribution in [3.8, 4) is 0 Å². The summed E-state index contributed by atoms with van der Waals surface area (Å²) >= 11 is 1.62. The molecule has 0 unspecified atom stereocenters. The molecule has 0 saturated carbocycles. The second-order valence-electron chi connectivity index (χ2n) is 4.96. The molecule has 0 aliphatic heterocycles. The summed E-state index contributed by atoms with van der Waals surface area (Å²) in [7, 11) is 0. The van der Waals surface area contributed by atoms with E-state index in [1.54, 1.807) is 11.8 Å². The molecular weight excluding hydrogens is 216 g/mol. The number of carbonyl (C=O) groups is 1. The molecule has 0 fully saturated rings. The molecule has 88 valence electrons. The average Bonchev–Trinajstić information content (AvgIpc) is 2.25. The average molecular weight is 236 g/mol. The van der Waals surface area contributed by atoms with Gasteiger partial charge in [-0.1, -0.05) is 39.8 Å². The summed E-state index contributed by atoms with van der Waals surface area (Å²) in [5, 5.41) is 0. The highest BCUT2D eigenvalue weighted by atomic mass is 32.2. The predicted octanol–water partition coefficient (Wildman–Crippen LogP) is 4.06. The molecular formula is C14H20OS. The molecule has 1 nitrogen and oxygen atoms in total. The van der Waals surface area contributed by atoms with Crippen LogP contribution in [0.4, 0.5) is 0 Å². The first-order valence-corrected chi connectivity index (χ1v) is 6.67. The fraction of sp³-hybridized carbons (Fsp3) is 0.500. The summed E-state index contributed by atoms with van der Waals surface area (Å²) < 4.78 is 0. The van der Waals surface area contributed by atoms with Gasteiger partial charge in [0.25, 0.3) is 0 Å². The largest absolute Gasteiger partial charge is 0.299 e. The van der Waals surface area contributed by atoms with Gasteiger partial charge in [-0.3, -0.25) is 4.79 Å². The van der Waals surface area contributed by atoms with E-state index in [0.717, 1.165) is 0 Å². The van der Waals surface area contributed by atoms with Crippen LogP contribution in [0.15, 0.2) is 29.2 Å². The Morgan fingerprint density at radius 2 is 1.75 bits per heavy atom. The molecule has 2 heteroatoms. The molecule has 0 bridgehead atoms. The zero-order chi connectivity index (χ0) is 12.2. The molecule has 0 N–H and O–H groups in total. The summed E-state index contributed by atoms with van der Waals surface area (Å²) in [6, 6.07) is 8.51. The maximum Gasteiger partial charge on any atom is 0.142 e. The fourth-order valence-electron chi connectivity index (χ4n) is 1.32. The van der Waals surface area contributed by atoms with Gasteiger partial charge in [-0.2, -0.15) is 0 Å². The summed E-state index contributed by atoms with van der Waals surface area (Å²) in [5.41, 5.74) is 1.53. The minimum Gasteiger partial charge on any atom is -0.299 e. The lowest BCUT2D eigenvalue weighted by molar-refractivity contribution is -0.116. The smallest absolute Gasteiger partial charge is 0.142 e. The van der Waals surface area contributed by atoms with Crippen molar-refractivity contribution in [2.45, 2.75) is 44.4 Å². The summed E-state index contributed by atoms with van der Waals surface area (Å²) in [4.78, 5) is 12.4. The van der Waals surface area contributed by atoms with E-state index in [0.29, 0.717) is 18.0 Å². The first-order chi connectivity index (χ1) is 7.43. The third-order valence-corrected chi connectivity index (χ3v) is 3.59. The van der Waals surface area contributed by atoms with E-state index < -0.39 is 0 Å². The van der Waals surface area contributed by atoms with Crippen LogP contribution in [-0.4, -0.2) is 11.5 Å². The Morgan fingerprint density at radius 3 is 2.19 bits per heavy atom. The van der Waals surface area contributed by atoms with Crippen LogP contribution < -0.4 is 0 Å². The van der Waals surface area contributed by atoms with Crippen molar-refractivity contribution < 1.29 is 4.79 Å². The Labute approximate surface area is 103 Å². The van der Waals surface area contributed by atoms with E-state index in [4.69, 9.17) is 0 Å². The maximum absolute atomic E-state index is 11.2. The van der Waals surface area contributed by atoms with Crippen LogP contribution in [-0.2, 0) is 10.2 Å². The van der Waals surface area contributed by atoms with Gasteiger partial charge in [0.05, 0.1) is 5.75 Å².